The van der Waals surface area contributed by atoms with Gasteiger partial charge in [0.15, 0.2) is 24.5 Å². The Labute approximate surface area is 333 Å². The number of hydrogen-bond donors (Lipinski definition) is 6. The third-order valence-electron chi connectivity index (χ3n) is 10.3. The molecule has 20 nitrogen and oxygen atoms in total. The minimum atomic E-state index is -1.62. The van der Waals surface area contributed by atoms with Crippen LogP contribution in [0.2, 0.25) is 0 Å². The Kier molecular flexibility index (Phi) is 15.1. The summed E-state index contributed by atoms with van der Waals surface area (Å²) in [5, 5.41) is 46.2. The minimum Gasteiger partial charge on any atom is -0.444 e. The first-order chi connectivity index (χ1) is 26.3. The fourth-order valence-corrected chi connectivity index (χ4v) is 7.19. The average Bonchev–Trinajstić information content (AvgIpc) is 3.39. The lowest BCUT2D eigenvalue weighted by atomic mass is 9.82. The second-order valence-corrected chi connectivity index (χ2v) is 18.2. The molecule has 4 fully saturated rings. The zero-order valence-corrected chi connectivity index (χ0v) is 34.9. The lowest BCUT2D eigenvalue weighted by Gasteiger charge is -2.49. The van der Waals surface area contributed by atoms with Crippen LogP contribution in [0.4, 0.5) is 9.59 Å². The van der Waals surface area contributed by atoms with E-state index in [4.69, 9.17) is 43.4 Å². The zero-order chi connectivity index (χ0) is 42.7. The maximum Gasteiger partial charge on any atom is 0.407 e. The van der Waals surface area contributed by atoms with Crippen LogP contribution in [0.1, 0.15) is 95.4 Å². The number of nitrogens with one attached hydrogen (secondary N) is 3. The molecule has 57 heavy (non-hydrogen) atoms. The molecule has 7 unspecified atom stereocenters. The predicted octanol–water partition coefficient (Wildman–Crippen LogP) is 2.50. The third-order valence-corrected chi connectivity index (χ3v) is 10.3. The van der Waals surface area contributed by atoms with E-state index in [0.29, 0.717) is 12.8 Å². The Balaban J connectivity index is 1.65. The summed E-state index contributed by atoms with van der Waals surface area (Å²) in [5.74, 6) is -2.81. The molecule has 6 N–H and O–H groups in total. The highest BCUT2D eigenvalue weighted by molar-refractivity contribution is 5.82. The average molecular weight is 817 g/mol. The highest BCUT2D eigenvalue weighted by Gasteiger charge is 2.54. The third kappa shape index (κ3) is 13.0. The fraction of sp³-hybridized carbons (Fsp3) is 0.919. The summed E-state index contributed by atoms with van der Waals surface area (Å²) >= 11 is 0. The maximum atomic E-state index is 14.0. The molecule has 0 aromatic carbocycles. The summed E-state index contributed by atoms with van der Waals surface area (Å²) in [6.07, 6.45) is -10.8. The number of rotatable bonds is 11. The van der Waals surface area contributed by atoms with Crippen LogP contribution in [0, 0.1) is 11.8 Å². The van der Waals surface area contributed by atoms with Crippen molar-refractivity contribution in [2.45, 2.75) is 185 Å². The van der Waals surface area contributed by atoms with Crippen LogP contribution < -0.4 is 16.0 Å². The molecule has 1 saturated carbocycles. The van der Waals surface area contributed by atoms with Crippen LogP contribution in [0.5, 0.6) is 0 Å². The molecule has 0 aromatic heterocycles. The van der Waals surface area contributed by atoms with E-state index in [1.54, 1.807) is 62.3 Å². The van der Waals surface area contributed by atoms with Crippen LogP contribution in [0.3, 0.4) is 0 Å². The molecule has 0 aromatic rings. The molecule has 4 aliphatic rings. The van der Waals surface area contributed by atoms with E-state index >= 15 is 0 Å². The van der Waals surface area contributed by atoms with Gasteiger partial charge in [0.25, 0.3) is 5.91 Å². The smallest absolute Gasteiger partial charge is 0.407 e. The topological polar surface area (TPSA) is 271 Å². The largest absolute Gasteiger partial charge is 0.444 e. The van der Waals surface area contributed by atoms with Gasteiger partial charge in [-0.15, -0.1) is 0 Å². The standard InChI is InChI=1S/C37H64N6O14/c1-18-12-13-20(15-39-32(47)56-34(3,4)5)51-30(18)52-27-22(42-33(48)57-35(6,7)8)14-21(41-29(46)28-23(16-40-43-38)54-36(9,10)55-28)26(25(27)45)53-31-24(44)19(2)37(11,49)17-50-31/h18-28,30-31,44-45,49H,12-17H2,1-11H3,(H,39,47)(H,41,46)(H,42,48)/t18?,19-,20+,21-,22+,23?,24?,25?,26?,27?,28+,30-,31-,37?/m1/s1. The number of nitrogens with zero attached hydrogens (tertiary/aromatic N) is 3. The summed E-state index contributed by atoms with van der Waals surface area (Å²) in [5.41, 5.74) is 5.98. The van der Waals surface area contributed by atoms with Crippen molar-refractivity contribution in [3.63, 3.8) is 0 Å². The Hall–Kier alpha value is -3.04. The van der Waals surface area contributed by atoms with Crippen molar-refractivity contribution in [3.05, 3.63) is 10.4 Å². The zero-order valence-electron chi connectivity index (χ0n) is 34.9. The van der Waals surface area contributed by atoms with Crippen LogP contribution >= 0.6 is 0 Å². The lowest BCUT2D eigenvalue weighted by molar-refractivity contribution is -0.316. The molecule has 14 atom stereocenters. The van der Waals surface area contributed by atoms with Gasteiger partial charge in [0.2, 0.25) is 0 Å². The first-order valence-electron chi connectivity index (χ1n) is 19.6. The van der Waals surface area contributed by atoms with Gasteiger partial charge in [0.05, 0.1) is 36.9 Å². The Morgan fingerprint density at radius 1 is 0.877 bits per heavy atom. The molecule has 3 saturated heterocycles. The fourth-order valence-electron chi connectivity index (χ4n) is 7.19. The SMILES string of the molecule is CC1CC[C@@H](CNC(=O)OC(C)(C)C)O[C@@H]1OC1C(O)C(O[C@H]2OCC(C)(O)[C@H](C)C2O)[C@H](NC(=O)[C@H]2OC(C)(C)OC2CN=[N+]=[N-])C[C@@H]1NC(=O)OC(C)(C)C. The van der Waals surface area contributed by atoms with Crippen molar-refractivity contribution in [1.29, 1.82) is 0 Å². The van der Waals surface area contributed by atoms with Gasteiger partial charge >= 0.3 is 12.2 Å². The molecular weight excluding hydrogens is 752 g/mol. The van der Waals surface area contributed by atoms with Crippen molar-refractivity contribution < 1.29 is 67.6 Å². The molecule has 0 spiro atoms. The highest BCUT2D eigenvalue weighted by Crippen LogP contribution is 2.36. The maximum absolute atomic E-state index is 14.0. The van der Waals surface area contributed by atoms with Crippen LogP contribution in [0.25, 0.3) is 10.4 Å². The van der Waals surface area contributed by atoms with Gasteiger partial charge in [-0.25, -0.2) is 9.59 Å². The van der Waals surface area contributed by atoms with Crippen LogP contribution in [0.15, 0.2) is 5.11 Å². The van der Waals surface area contributed by atoms with E-state index in [1.807, 2.05) is 6.92 Å². The molecule has 1 aliphatic carbocycles. The minimum absolute atomic E-state index is 0.101. The number of hydrogen-bond acceptors (Lipinski definition) is 15. The molecule has 3 heterocycles. The first-order valence-corrected chi connectivity index (χ1v) is 19.6. The number of alkyl carbamates (subject to hydrolysis) is 2. The van der Waals surface area contributed by atoms with Gasteiger partial charge in [-0.1, -0.05) is 19.0 Å². The van der Waals surface area contributed by atoms with Gasteiger partial charge in [-0.05, 0) is 87.1 Å². The van der Waals surface area contributed by atoms with Gasteiger partial charge in [-0.3, -0.25) is 4.79 Å². The normalized spacial score (nSPS) is 38.3. The van der Waals surface area contributed by atoms with Crippen molar-refractivity contribution in [2.24, 2.45) is 17.0 Å². The van der Waals surface area contributed by atoms with E-state index in [0.717, 1.165) is 0 Å². The lowest BCUT2D eigenvalue weighted by Crippen LogP contribution is -2.69. The van der Waals surface area contributed by atoms with Crippen LogP contribution in [-0.4, -0.2) is 143 Å². The highest BCUT2D eigenvalue weighted by atomic mass is 16.8. The predicted molar refractivity (Wildman–Crippen MR) is 200 cm³/mol. The van der Waals surface area contributed by atoms with Gasteiger partial charge < -0.3 is 69.2 Å². The summed E-state index contributed by atoms with van der Waals surface area (Å²) < 4.78 is 47.6. The Morgan fingerprint density at radius 2 is 1.47 bits per heavy atom. The van der Waals surface area contributed by atoms with Crippen LogP contribution in [-0.2, 0) is 42.7 Å². The summed E-state index contributed by atoms with van der Waals surface area (Å²) in [6.45, 7) is 18.3. The molecule has 0 radical (unpaired) electrons. The number of azide groups is 1. The van der Waals surface area contributed by atoms with Gasteiger partial charge in [0.1, 0.15) is 41.7 Å². The second-order valence-electron chi connectivity index (χ2n) is 18.2. The number of ether oxygens (including phenoxy) is 8. The second kappa shape index (κ2) is 18.5. The van der Waals surface area contributed by atoms with E-state index in [1.165, 1.54) is 6.92 Å². The van der Waals surface area contributed by atoms with Gasteiger partial charge in [0, 0.05) is 23.3 Å². The van der Waals surface area contributed by atoms with Crippen molar-refractivity contribution >= 4 is 18.1 Å². The van der Waals surface area contributed by atoms with Gasteiger partial charge in [-0.2, -0.15) is 0 Å². The van der Waals surface area contributed by atoms with Crippen molar-refractivity contribution in [1.82, 2.24) is 16.0 Å². The molecule has 20 heteroatoms. The Morgan fingerprint density at radius 3 is 2.09 bits per heavy atom. The van der Waals surface area contributed by atoms with E-state index in [-0.39, 0.29) is 32.0 Å². The number of amides is 3. The van der Waals surface area contributed by atoms with Crippen molar-refractivity contribution in [2.75, 3.05) is 19.7 Å². The summed E-state index contributed by atoms with van der Waals surface area (Å²) in [6, 6.07) is -2.12. The molecule has 326 valence electrons. The number of aliphatic hydroxyl groups is 3. The van der Waals surface area contributed by atoms with E-state index in [9.17, 15) is 29.7 Å². The summed E-state index contributed by atoms with van der Waals surface area (Å²) in [4.78, 5) is 42.5. The number of aliphatic hydroxyl groups excluding tert-OH is 2. The van der Waals surface area contributed by atoms with E-state index in [2.05, 4.69) is 26.0 Å². The molecule has 0 bridgehead atoms. The molecular formula is C37H64N6O14. The quantitative estimate of drug-likeness (QED) is 0.0994. The first kappa shape index (κ1) is 46.6. The number of carbonyl (C=O) groups excluding carboxylic acids is 3. The Bertz CT molecular complexity index is 1450. The molecule has 4 rings (SSSR count). The van der Waals surface area contributed by atoms with E-state index < -0.39 is 114 Å². The number of carbonyl (C=O) groups is 3. The monoisotopic (exact) mass is 816 g/mol. The molecule has 3 amide bonds. The molecule has 3 aliphatic heterocycles. The van der Waals surface area contributed by atoms with Crippen molar-refractivity contribution in [3.8, 4) is 0 Å². The summed E-state index contributed by atoms with van der Waals surface area (Å²) in [7, 11) is 0.